The molecular formula is C49H98N2O2. The second-order valence-electron chi connectivity index (χ2n) is 17.9. The molecule has 0 fully saturated rings. The number of nitrogens with one attached hydrogen (secondary N) is 2. The first-order valence-electron chi connectivity index (χ1n) is 24.4. The third-order valence-electron chi connectivity index (χ3n) is 11.5. The molecule has 2 N–H and O–H groups in total. The quantitative estimate of drug-likeness (QED) is 0.0610. The van der Waals surface area contributed by atoms with Crippen molar-refractivity contribution in [2.75, 3.05) is 13.1 Å². The van der Waals surface area contributed by atoms with Crippen molar-refractivity contribution in [2.24, 2.45) is 5.41 Å². The first-order chi connectivity index (χ1) is 25.9. The highest BCUT2D eigenvalue weighted by atomic mass is 16.2. The summed E-state index contributed by atoms with van der Waals surface area (Å²) in [6, 6.07) is 0. The molecular weight excluding hydrogens is 649 g/mol. The zero-order valence-corrected chi connectivity index (χ0v) is 37.0. The molecule has 0 spiro atoms. The minimum atomic E-state index is -0.133. The van der Waals surface area contributed by atoms with Crippen LogP contribution in [0.15, 0.2) is 0 Å². The Morgan fingerprint density at radius 3 is 0.660 bits per heavy atom. The Morgan fingerprint density at radius 1 is 0.302 bits per heavy atom. The van der Waals surface area contributed by atoms with Crippen LogP contribution in [-0.4, -0.2) is 24.9 Å². The molecule has 2 amide bonds. The van der Waals surface area contributed by atoms with Crippen molar-refractivity contribution in [3.05, 3.63) is 0 Å². The maximum absolute atomic E-state index is 12.4. The highest BCUT2D eigenvalue weighted by Crippen LogP contribution is 2.17. The average molecular weight is 747 g/mol. The third kappa shape index (κ3) is 43.5. The van der Waals surface area contributed by atoms with Gasteiger partial charge in [-0.3, -0.25) is 9.59 Å². The molecule has 0 rings (SSSR count). The summed E-state index contributed by atoms with van der Waals surface area (Å²) >= 11 is 0. The lowest BCUT2D eigenvalue weighted by Gasteiger charge is -2.25. The van der Waals surface area contributed by atoms with Gasteiger partial charge in [0, 0.05) is 25.9 Å². The van der Waals surface area contributed by atoms with E-state index < -0.39 is 0 Å². The summed E-state index contributed by atoms with van der Waals surface area (Å²) in [5.41, 5.74) is -0.133. The molecule has 0 heterocycles. The standard InChI is InChI=1S/C49H98N2O2/c1-5-7-9-11-13-15-17-19-21-23-25-27-29-31-33-35-37-39-41-43-47(52)50-45-49(3,4)46-51-48(53)44-42-40-38-36-34-32-30-28-26-24-22-20-18-16-14-12-10-8-6-2/h5-46H2,1-4H3,(H,50,52)(H,51,53). The van der Waals surface area contributed by atoms with E-state index in [4.69, 9.17) is 0 Å². The second kappa shape index (κ2) is 42.1. The third-order valence-corrected chi connectivity index (χ3v) is 11.5. The van der Waals surface area contributed by atoms with Crippen molar-refractivity contribution in [3.8, 4) is 0 Å². The van der Waals surface area contributed by atoms with Crippen LogP contribution in [0.25, 0.3) is 0 Å². The number of rotatable bonds is 44. The second-order valence-corrected chi connectivity index (χ2v) is 17.9. The van der Waals surface area contributed by atoms with Gasteiger partial charge in [-0.2, -0.15) is 0 Å². The van der Waals surface area contributed by atoms with E-state index in [0.29, 0.717) is 25.9 Å². The van der Waals surface area contributed by atoms with Crippen LogP contribution < -0.4 is 10.6 Å². The lowest BCUT2D eigenvalue weighted by Crippen LogP contribution is -2.42. The maximum Gasteiger partial charge on any atom is 0.220 e. The SMILES string of the molecule is CCCCCCCCCCCCCCCCCCCCCC(=O)NCC(C)(C)CNC(=O)CCCCCCCCCCCCCCCCCCCCC. The van der Waals surface area contributed by atoms with E-state index in [0.717, 1.165) is 25.7 Å². The molecule has 0 aromatic carbocycles. The lowest BCUT2D eigenvalue weighted by atomic mass is 9.93. The van der Waals surface area contributed by atoms with Crippen LogP contribution >= 0.6 is 0 Å². The van der Waals surface area contributed by atoms with Crippen molar-refractivity contribution in [2.45, 2.75) is 285 Å². The van der Waals surface area contributed by atoms with Gasteiger partial charge in [0.25, 0.3) is 0 Å². The van der Waals surface area contributed by atoms with Gasteiger partial charge in [-0.1, -0.05) is 259 Å². The molecule has 53 heavy (non-hydrogen) atoms. The fraction of sp³-hybridized carbons (Fsp3) is 0.959. The number of hydrogen-bond acceptors (Lipinski definition) is 2. The van der Waals surface area contributed by atoms with Gasteiger partial charge in [0.15, 0.2) is 0 Å². The number of carbonyl (C=O) groups is 2. The molecule has 0 saturated carbocycles. The van der Waals surface area contributed by atoms with Crippen LogP contribution in [-0.2, 0) is 9.59 Å². The normalized spacial score (nSPS) is 11.7. The summed E-state index contributed by atoms with van der Waals surface area (Å²) < 4.78 is 0. The van der Waals surface area contributed by atoms with Crippen molar-refractivity contribution in [1.82, 2.24) is 10.6 Å². The molecule has 0 bridgehead atoms. The molecule has 0 atom stereocenters. The molecule has 4 heteroatoms. The Balaban J connectivity index is 3.44. The van der Waals surface area contributed by atoms with Crippen LogP contribution in [0.1, 0.15) is 285 Å². The van der Waals surface area contributed by atoms with Crippen LogP contribution in [0.3, 0.4) is 0 Å². The number of hydrogen-bond donors (Lipinski definition) is 2. The van der Waals surface area contributed by atoms with Crippen molar-refractivity contribution >= 4 is 11.8 Å². The average Bonchev–Trinajstić information content (AvgIpc) is 3.15. The van der Waals surface area contributed by atoms with E-state index in [9.17, 15) is 9.59 Å². The van der Waals surface area contributed by atoms with Gasteiger partial charge < -0.3 is 10.6 Å². The van der Waals surface area contributed by atoms with E-state index in [1.165, 1.54) is 218 Å². The minimum absolute atomic E-state index is 0.133. The minimum Gasteiger partial charge on any atom is -0.356 e. The highest BCUT2D eigenvalue weighted by molar-refractivity contribution is 5.76. The van der Waals surface area contributed by atoms with Gasteiger partial charge in [0.1, 0.15) is 0 Å². The molecule has 0 aliphatic heterocycles. The molecule has 316 valence electrons. The van der Waals surface area contributed by atoms with E-state index in [1.54, 1.807) is 0 Å². The van der Waals surface area contributed by atoms with Crippen molar-refractivity contribution in [3.63, 3.8) is 0 Å². The Morgan fingerprint density at radius 2 is 0.472 bits per heavy atom. The molecule has 0 aromatic heterocycles. The van der Waals surface area contributed by atoms with Gasteiger partial charge >= 0.3 is 0 Å². The largest absolute Gasteiger partial charge is 0.356 e. The zero-order chi connectivity index (χ0) is 38.8. The molecule has 4 nitrogen and oxygen atoms in total. The summed E-state index contributed by atoms with van der Waals surface area (Å²) in [6.45, 7) is 10.1. The summed E-state index contributed by atoms with van der Waals surface area (Å²) in [5, 5.41) is 6.24. The fourth-order valence-electron chi connectivity index (χ4n) is 7.64. The number of unbranched alkanes of at least 4 members (excludes halogenated alkanes) is 36. The van der Waals surface area contributed by atoms with Gasteiger partial charge in [0.2, 0.25) is 11.8 Å². The maximum atomic E-state index is 12.4. The van der Waals surface area contributed by atoms with Crippen LogP contribution in [0, 0.1) is 5.41 Å². The highest BCUT2D eigenvalue weighted by Gasteiger charge is 2.19. The van der Waals surface area contributed by atoms with Gasteiger partial charge in [-0.15, -0.1) is 0 Å². The Bertz CT molecular complexity index is 691. The zero-order valence-electron chi connectivity index (χ0n) is 37.0. The van der Waals surface area contributed by atoms with Gasteiger partial charge in [-0.25, -0.2) is 0 Å². The van der Waals surface area contributed by atoms with Gasteiger partial charge in [-0.05, 0) is 18.3 Å². The summed E-state index contributed by atoms with van der Waals surface area (Å²) in [5.74, 6) is 0.316. The molecule has 0 aliphatic carbocycles. The Kier molecular flexibility index (Phi) is 41.2. The first-order valence-corrected chi connectivity index (χ1v) is 24.4. The number of carbonyl (C=O) groups excluding carboxylic acids is 2. The Labute approximate surface area is 334 Å². The molecule has 0 radical (unpaired) electrons. The summed E-state index contributed by atoms with van der Waals surface area (Å²) in [4.78, 5) is 24.8. The van der Waals surface area contributed by atoms with E-state index in [-0.39, 0.29) is 17.2 Å². The molecule has 0 aliphatic rings. The first kappa shape index (κ1) is 51.9. The van der Waals surface area contributed by atoms with E-state index >= 15 is 0 Å². The predicted octanol–water partition coefficient (Wildman–Crippen LogP) is 15.9. The fourth-order valence-corrected chi connectivity index (χ4v) is 7.64. The molecule has 0 unspecified atom stereocenters. The smallest absolute Gasteiger partial charge is 0.220 e. The van der Waals surface area contributed by atoms with Crippen LogP contribution in [0.4, 0.5) is 0 Å². The number of amides is 2. The molecule has 0 saturated heterocycles. The Hall–Kier alpha value is -1.06. The summed E-state index contributed by atoms with van der Waals surface area (Å²) in [6.07, 6.45) is 53.3. The molecule has 0 aromatic rings. The lowest BCUT2D eigenvalue weighted by molar-refractivity contribution is -0.121. The predicted molar refractivity (Wildman–Crippen MR) is 236 cm³/mol. The van der Waals surface area contributed by atoms with E-state index in [1.807, 2.05) is 0 Å². The van der Waals surface area contributed by atoms with Crippen molar-refractivity contribution in [1.29, 1.82) is 0 Å². The van der Waals surface area contributed by atoms with Crippen LogP contribution in [0.2, 0.25) is 0 Å². The monoisotopic (exact) mass is 747 g/mol. The van der Waals surface area contributed by atoms with Gasteiger partial charge in [0.05, 0.1) is 0 Å². The van der Waals surface area contributed by atoms with Crippen molar-refractivity contribution < 1.29 is 9.59 Å². The van der Waals surface area contributed by atoms with Crippen LogP contribution in [0.5, 0.6) is 0 Å². The summed E-state index contributed by atoms with van der Waals surface area (Å²) in [7, 11) is 0. The topological polar surface area (TPSA) is 58.2 Å². The van der Waals surface area contributed by atoms with E-state index in [2.05, 4.69) is 38.3 Å².